The number of hydrogen-bond acceptors (Lipinski definition) is 1. The number of ketones is 1. The molecule has 0 amide bonds. The second-order valence-corrected chi connectivity index (χ2v) is 8.71. The first-order chi connectivity index (χ1) is 11.8. The highest BCUT2D eigenvalue weighted by Gasteiger charge is 2.28. The maximum atomic E-state index is 11.6. The van der Waals surface area contributed by atoms with Gasteiger partial charge in [-0.1, -0.05) is 74.7 Å². The number of fused-ring (bicyclic) bond motifs is 2. The van der Waals surface area contributed by atoms with E-state index in [2.05, 4.69) is 70.8 Å². The van der Waals surface area contributed by atoms with E-state index in [-0.39, 0.29) is 11.7 Å². The summed E-state index contributed by atoms with van der Waals surface area (Å²) in [6.07, 6.45) is 4.26. The van der Waals surface area contributed by atoms with E-state index in [9.17, 15) is 4.79 Å². The number of Topliss-reactive ketones (excluding diaryl/α,β-unsaturated/α-hetero) is 1. The monoisotopic (exact) mass is 460 g/mol. The highest BCUT2D eigenvalue weighted by Crippen LogP contribution is 2.34. The highest BCUT2D eigenvalue weighted by atomic mass is 79.9. The summed E-state index contributed by atoms with van der Waals surface area (Å²) in [6.45, 7) is 8.36. The average Bonchev–Trinajstić information content (AvgIpc) is 3.09. The molecule has 25 heavy (non-hydrogen) atoms. The van der Waals surface area contributed by atoms with Crippen LogP contribution in [0.15, 0.2) is 38.8 Å². The van der Waals surface area contributed by atoms with Crippen LogP contribution in [0.25, 0.3) is 6.08 Å². The molecule has 3 heteroatoms. The lowest BCUT2D eigenvalue weighted by molar-refractivity contribution is 0.0946. The number of carbonyl (C=O) groups is 1. The van der Waals surface area contributed by atoms with E-state index in [1.54, 1.807) is 0 Å². The smallest absolute Gasteiger partial charge is 0.166 e. The molecule has 2 aromatic carbocycles. The summed E-state index contributed by atoms with van der Waals surface area (Å²) in [6, 6.07) is 8.31. The molecule has 0 aliphatic heterocycles. The molecule has 2 aliphatic carbocycles. The van der Waals surface area contributed by atoms with Gasteiger partial charge in [0.1, 0.15) is 0 Å². The van der Waals surface area contributed by atoms with Crippen LogP contribution in [0.4, 0.5) is 0 Å². The molecule has 0 spiro atoms. The Hall–Kier alpha value is -1.19. The SMILES string of the molecule is CC1=Cc2ccc(C)c(Br)c2C1.Cc1ccc2c(c1Br)CC(C)C2=O. The maximum absolute atomic E-state index is 11.6. The predicted molar refractivity (Wildman–Crippen MR) is 112 cm³/mol. The second kappa shape index (κ2) is 7.20. The molecule has 1 nitrogen and oxygen atoms in total. The van der Waals surface area contributed by atoms with Crippen molar-refractivity contribution in [2.45, 2.75) is 40.5 Å². The fourth-order valence-electron chi connectivity index (χ4n) is 3.50. The van der Waals surface area contributed by atoms with E-state index in [0.717, 1.165) is 22.9 Å². The molecule has 4 rings (SSSR count). The van der Waals surface area contributed by atoms with Gasteiger partial charge < -0.3 is 0 Å². The van der Waals surface area contributed by atoms with Crippen LogP contribution >= 0.6 is 31.9 Å². The van der Waals surface area contributed by atoms with Crippen LogP contribution in [-0.2, 0) is 12.8 Å². The molecule has 0 radical (unpaired) electrons. The first-order valence-electron chi connectivity index (χ1n) is 8.57. The van der Waals surface area contributed by atoms with E-state index in [4.69, 9.17) is 0 Å². The van der Waals surface area contributed by atoms with Crippen LogP contribution < -0.4 is 0 Å². The summed E-state index contributed by atoms with van der Waals surface area (Å²) < 4.78 is 2.40. The quantitative estimate of drug-likeness (QED) is 0.419. The van der Waals surface area contributed by atoms with E-state index in [0.29, 0.717) is 0 Å². The van der Waals surface area contributed by atoms with Crippen LogP contribution in [0.2, 0.25) is 0 Å². The topological polar surface area (TPSA) is 17.1 Å². The summed E-state index contributed by atoms with van der Waals surface area (Å²) >= 11 is 7.16. The molecule has 1 atom stereocenters. The van der Waals surface area contributed by atoms with E-state index in [1.165, 1.54) is 37.9 Å². The highest BCUT2D eigenvalue weighted by molar-refractivity contribution is 9.10. The Morgan fingerprint density at radius 3 is 2.20 bits per heavy atom. The summed E-state index contributed by atoms with van der Waals surface area (Å²) in [7, 11) is 0. The first kappa shape index (κ1) is 18.6. The Balaban J connectivity index is 0.000000146. The lowest BCUT2D eigenvalue weighted by Gasteiger charge is -2.04. The number of rotatable bonds is 0. The molecule has 0 N–H and O–H groups in total. The number of allylic oxidation sites excluding steroid dienone is 1. The molecule has 2 aliphatic rings. The summed E-state index contributed by atoms with van der Waals surface area (Å²) in [5.41, 5.74) is 8.92. The third-order valence-corrected chi connectivity index (χ3v) is 7.20. The number of carbonyl (C=O) groups excluding carboxylic acids is 1. The molecule has 0 saturated carbocycles. The van der Waals surface area contributed by atoms with Crippen LogP contribution in [0.5, 0.6) is 0 Å². The largest absolute Gasteiger partial charge is 0.294 e. The lowest BCUT2D eigenvalue weighted by Crippen LogP contribution is -2.02. The normalized spacial score (nSPS) is 17.6. The minimum Gasteiger partial charge on any atom is -0.294 e. The summed E-state index contributed by atoms with van der Waals surface area (Å²) in [4.78, 5) is 11.6. The number of aryl methyl sites for hydroxylation is 2. The van der Waals surface area contributed by atoms with E-state index >= 15 is 0 Å². The Morgan fingerprint density at radius 1 is 0.920 bits per heavy atom. The lowest BCUT2D eigenvalue weighted by atomic mass is 10.1. The van der Waals surface area contributed by atoms with E-state index < -0.39 is 0 Å². The van der Waals surface area contributed by atoms with Gasteiger partial charge in [-0.3, -0.25) is 4.79 Å². The Morgan fingerprint density at radius 2 is 1.52 bits per heavy atom. The van der Waals surface area contributed by atoms with Gasteiger partial charge in [-0.25, -0.2) is 0 Å². The summed E-state index contributed by atoms with van der Waals surface area (Å²) in [5, 5.41) is 0. The second-order valence-electron chi connectivity index (χ2n) is 7.12. The average molecular weight is 462 g/mol. The van der Waals surface area contributed by atoms with Crippen molar-refractivity contribution < 1.29 is 4.79 Å². The van der Waals surface area contributed by atoms with Crippen molar-refractivity contribution in [1.29, 1.82) is 0 Å². The molecule has 1 unspecified atom stereocenters. The molecule has 130 valence electrons. The standard InChI is InChI=1S/C11H11BrO.C11H11Br/c1-6-3-4-8-9(10(6)12)5-7(2)11(8)13;1-7-5-9-4-3-8(2)11(12)10(9)6-7/h3-4,7H,5H2,1-2H3;3-5H,6H2,1-2H3. The van der Waals surface area contributed by atoms with Crippen molar-refractivity contribution in [2.24, 2.45) is 5.92 Å². The molecule has 0 aromatic heterocycles. The van der Waals surface area contributed by atoms with Gasteiger partial charge in [0, 0.05) is 20.4 Å². The van der Waals surface area contributed by atoms with Crippen molar-refractivity contribution in [3.05, 3.63) is 72.2 Å². The van der Waals surface area contributed by atoms with E-state index in [1.807, 2.05) is 19.1 Å². The van der Waals surface area contributed by atoms with Crippen molar-refractivity contribution in [3.63, 3.8) is 0 Å². The Labute approximate surface area is 166 Å². The molecular weight excluding hydrogens is 440 g/mol. The third kappa shape index (κ3) is 3.54. The van der Waals surface area contributed by atoms with Crippen LogP contribution in [-0.4, -0.2) is 5.78 Å². The third-order valence-electron chi connectivity index (χ3n) is 4.99. The zero-order chi connectivity index (χ0) is 18.3. The van der Waals surface area contributed by atoms with Crippen LogP contribution in [0, 0.1) is 19.8 Å². The van der Waals surface area contributed by atoms with Crippen LogP contribution in [0.3, 0.4) is 0 Å². The number of hydrogen-bond donors (Lipinski definition) is 0. The molecule has 0 bridgehead atoms. The van der Waals surface area contributed by atoms with Gasteiger partial charge in [-0.15, -0.1) is 0 Å². The molecule has 0 saturated heterocycles. The fraction of sp³-hybridized carbons (Fsp3) is 0.318. The van der Waals surface area contributed by atoms with Gasteiger partial charge >= 0.3 is 0 Å². The Kier molecular flexibility index (Phi) is 5.36. The molecule has 0 fully saturated rings. The summed E-state index contributed by atoms with van der Waals surface area (Å²) in [5.74, 6) is 0.448. The van der Waals surface area contributed by atoms with Crippen molar-refractivity contribution in [2.75, 3.05) is 0 Å². The molecule has 0 heterocycles. The number of halogens is 2. The first-order valence-corrected chi connectivity index (χ1v) is 10.2. The molecule has 2 aromatic rings. The van der Waals surface area contributed by atoms with Gasteiger partial charge in [0.25, 0.3) is 0 Å². The van der Waals surface area contributed by atoms with Crippen molar-refractivity contribution in [3.8, 4) is 0 Å². The molecular formula is C22H22Br2O. The van der Waals surface area contributed by atoms with Crippen molar-refractivity contribution in [1.82, 2.24) is 0 Å². The van der Waals surface area contributed by atoms with Gasteiger partial charge in [-0.05, 0) is 61.4 Å². The van der Waals surface area contributed by atoms with Crippen LogP contribution in [0.1, 0.15) is 52.0 Å². The van der Waals surface area contributed by atoms with Gasteiger partial charge in [0.15, 0.2) is 5.78 Å². The van der Waals surface area contributed by atoms with Gasteiger partial charge in [-0.2, -0.15) is 0 Å². The maximum Gasteiger partial charge on any atom is 0.166 e. The Bertz CT molecular complexity index is 893. The minimum atomic E-state index is 0.160. The van der Waals surface area contributed by atoms with Gasteiger partial charge in [0.2, 0.25) is 0 Å². The van der Waals surface area contributed by atoms with Crippen molar-refractivity contribution >= 4 is 43.7 Å². The predicted octanol–water partition coefficient (Wildman–Crippen LogP) is 6.85. The fourth-order valence-corrected chi connectivity index (χ4v) is 4.51. The minimum absolute atomic E-state index is 0.160. The van der Waals surface area contributed by atoms with Gasteiger partial charge in [0.05, 0.1) is 0 Å². The number of benzene rings is 2. The zero-order valence-corrected chi connectivity index (χ0v) is 18.2. The zero-order valence-electron chi connectivity index (χ0n) is 15.0.